The molecule has 2 unspecified atom stereocenters. The lowest BCUT2D eigenvalue weighted by Crippen LogP contribution is -2.51. The highest BCUT2D eigenvalue weighted by molar-refractivity contribution is 6.19. The molecule has 0 spiro atoms. The topological polar surface area (TPSA) is 188 Å². The van der Waals surface area contributed by atoms with Gasteiger partial charge < -0.3 is 39.0 Å². The molecule has 3 fully saturated rings. The number of rotatable bonds is 10. The minimum Gasteiger partial charge on any atom is -0.456 e. The Labute approximate surface area is 368 Å². The number of hydrogen-bond acceptors (Lipinski definition) is 9. The zero-order valence-electron chi connectivity index (χ0n) is 36.6. The minimum atomic E-state index is -0.702. The van der Waals surface area contributed by atoms with Crippen LogP contribution in [0.3, 0.4) is 0 Å². The van der Waals surface area contributed by atoms with Crippen molar-refractivity contribution in [3.8, 4) is 33.5 Å². The summed E-state index contributed by atoms with van der Waals surface area (Å²) in [5.41, 5.74) is 10.2. The summed E-state index contributed by atoms with van der Waals surface area (Å²) in [6, 6.07) is 21.8. The van der Waals surface area contributed by atoms with Crippen LogP contribution in [0.4, 0.5) is 9.59 Å². The standard InChI is InChI=1S/C49H50N8O7/c1-24(2)42(54-48(60)62-5)46(58)56-19-7-8-35(56)44-50-23-34(53-44)27-11-9-26(10-12-27)30-14-15-31(41-39-18-17-38(64-39)40(30)41)28-13-16-32-33(20-28)52-45(51-32)37-22-29-21-36(29)57(37)47(59)43(25(3)4)55-49(61)63-6/h9-18,20,23-24,29,35-37,42H,7-8,19,21-22H2,1-6H3,(H,50,53)(H,51,52)(H,54,60)(H,55,61)/t29?,35-,36?,37-,42-/m0/s1. The zero-order chi connectivity index (χ0) is 44.6. The molecule has 1 saturated carbocycles. The summed E-state index contributed by atoms with van der Waals surface area (Å²) in [4.78, 5) is 72.2. The van der Waals surface area contributed by atoms with Gasteiger partial charge in [0.05, 0.1) is 49.2 Å². The number of benzene rings is 4. The third kappa shape index (κ3) is 6.99. The molecule has 15 nitrogen and oxygen atoms in total. The van der Waals surface area contributed by atoms with Gasteiger partial charge in [0, 0.05) is 23.4 Å². The summed E-state index contributed by atoms with van der Waals surface area (Å²) < 4.78 is 15.9. The van der Waals surface area contributed by atoms with E-state index in [4.69, 9.17) is 23.9 Å². The highest BCUT2D eigenvalue weighted by Crippen LogP contribution is 2.54. The van der Waals surface area contributed by atoms with Crippen LogP contribution in [-0.4, -0.2) is 86.6 Å². The maximum atomic E-state index is 13.9. The van der Waals surface area contributed by atoms with Gasteiger partial charge in [0.1, 0.15) is 34.6 Å². The lowest BCUT2D eigenvalue weighted by Gasteiger charge is -2.30. The number of nitrogens with zero attached hydrogens (tertiary/aromatic N) is 4. The second-order valence-electron chi connectivity index (χ2n) is 17.8. The summed E-state index contributed by atoms with van der Waals surface area (Å²) >= 11 is 0. The number of piperidine rings is 1. The van der Waals surface area contributed by atoms with Crippen LogP contribution in [0.1, 0.15) is 77.1 Å². The molecular weight excluding hydrogens is 813 g/mol. The summed E-state index contributed by atoms with van der Waals surface area (Å²) in [7, 11) is 2.57. The fourth-order valence-corrected chi connectivity index (χ4v) is 9.90. The number of ether oxygens (including phenoxy) is 2. The number of likely N-dealkylation sites (tertiary alicyclic amines) is 2. The average molecular weight is 863 g/mol. The van der Waals surface area contributed by atoms with Crippen molar-refractivity contribution in [3.63, 3.8) is 0 Å². The first-order valence-corrected chi connectivity index (χ1v) is 21.9. The summed E-state index contributed by atoms with van der Waals surface area (Å²) in [5, 5.41) is 7.42. The third-order valence-corrected chi connectivity index (χ3v) is 13.2. The van der Waals surface area contributed by atoms with Crippen LogP contribution >= 0.6 is 0 Å². The SMILES string of the molecule is COC(=O)NC(C(=O)N1C2CC2C[C@H]1c1nc2ccc(-c3ccc(-c4ccc(-c5cnc([C@@H]6CCCN6C(=O)[C@@H](NC(=O)OC)C(C)C)[nH]5)cc4)c4c5ccc(o5)c34)cc2[nH]1)=C(C)C. The van der Waals surface area contributed by atoms with Crippen molar-refractivity contribution in [3.05, 3.63) is 95.8 Å². The first-order valence-electron chi connectivity index (χ1n) is 21.9. The van der Waals surface area contributed by atoms with Crippen molar-refractivity contribution in [2.45, 2.75) is 77.5 Å². The molecule has 10 rings (SSSR count). The molecule has 3 aliphatic rings. The number of aromatic nitrogens is 4. The van der Waals surface area contributed by atoms with Gasteiger partial charge in [0.25, 0.3) is 5.91 Å². The lowest BCUT2D eigenvalue weighted by molar-refractivity contribution is -0.135. The predicted molar refractivity (Wildman–Crippen MR) is 241 cm³/mol. The van der Waals surface area contributed by atoms with Gasteiger partial charge in [-0.15, -0.1) is 0 Å². The van der Waals surface area contributed by atoms with Crippen molar-refractivity contribution in [2.24, 2.45) is 11.8 Å². The summed E-state index contributed by atoms with van der Waals surface area (Å²) in [6.45, 7) is 8.00. The summed E-state index contributed by atoms with van der Waals surface area (Å²) in [5.74, 6) is 1.35. The van der Waals surface area contributed by atoms with Crippen molar-refractivity contribution >= 4 is 57.0 Å². The Bertz CT molecular complexity index is 2990. The lowest BCUT2D eigenvalue weighted by atomic mass is 9.91. The smallest absolute Gasteiger partial charge is 0.411 e. The zero-order valence-corrected chi connectivity index (χ0v) is 36.6. The van der Waals surface area contributed by atoms with Gasteiger partial charge >= 0.3 is 12.2 Å². The Balaban J connectivity index is 0.904. The van der Waals surface area contributed by atoms with E-state index in [1.807, 2.05) is 48.0 Å². The Kier molecular flexibility index (Phi) is 10.1. The van der Waals surface area contributed by atoms with Crippen LogP contribution in [0, 0.1) is 11.8 Å². The molecule has 64 heavy (non-hydrogen) atoms. The Morgan fingerprint density at radius 1 is 0.812 bits per heavy atom. The van der Waals surface area contributed by atoms with Gasteiger partial charge in [0.2, 0.25) is 5.91 Å². The van der Waals surface area contributed by atoms with Crippen LogP contribution < -0.4 is 10.6 Å². The first kappa shape index (κ1) is 40.9. The molecule has 0 radical (unpaired) electrons. The van der Waals surface area contributed by atoms with E-state index in [1.54, 1.807) is 13.8 Å². The molecule has 15 heteroatoms. The number of carbonyl (C=O) groups is 4. The van der Waals surface area contributed by atoms with E-state index in [0.717, 1.165) is 98.0 Å². The molecule has 3 aromatic carbocycles. The minimum absolute atomic E-state index is 0.109. The molecule has 5 atom stereocenters. The van der Waals surface area contributed by atoms with Gasteiger partial charge in [-0.05, 0) is 109 Å². The van der Waals surface area contributed by atoms with Crippen molar-refractivity contribution in [2.75, 3.05) is 20.8 Å². The predicted octanol–water partition coefficient (Wildman–Crippen LogP) is 8.98. The molecule has 4 amide bonds. The van der Waals surface area contributed by atoms with Crippen LogP contribution in [0.15, 0.2) is 88.6 Å². The summed E-state index contributed by atoms with van der Waals surface area (Å²) in [6.07, 6.45) is 3.85. The van der Waals surface area contributed by atoms with Gasteiger partial charge in [0.15, 0.2) is 0 Å². The number of carbonyl (C=O) groups excluding carboxylic acids is 4. The second-order valence-corrected chi connectivity index (χ2v) is 17.8. The number of H-pyrrole nitrogens is 2. The largest absolute Gasteiger partial charge is 0.456 e. The molecule has 2 aliphatic heterocycles. The molecule has 2 saturated heterocycles. The number of methoxy groups -OCH3 is 2. The van der Waals surface area contributed by atoms with E-state index in [0.29, 0.717) is 23.9 Å². The number of aromatic amines is 2. The van der Waals surface area contributed by atoms with Gasteiger partial charge in [-0.1, -0.05) is 56.3 Å². The van der Waals surface area contributed by atoms with Crippen molar-refractivity contribution in [1.29, 1.82) is 0 Å². The third-order valence-electron chi connectivity index (χ3n) is 13.2. The van der Waals surface area contributed by atoms with E-state index < -0.39 is 18.2 Å². The van der Waals surface area contributed by atoms with Gasteiger partial charge in [-0.25, -0.2) is 19.6 Å². The van der Waals surface area contributed by atoms with Crippen LogP contribution in [0.5, 0.6) is 0 Å². The number of allylic oxidation sites excluding steroid dienone is 1. The first-order chi connectivity index (χ1) is 30.9. The van der Waals surface area contributed by atoms with E-state index in [1.165, 1.54) is 14.2 Å². The highest BCUT2D eigenvalue weighted by Gasteiger charge is 2.55. The van der Waals surface area contributed by atoms with Gasteiger partial charge in [-0.3, -0.25) is 14.9 Å². The Morgan fingerprint density at radius 3 is 2.19 bits per heavy atom. The van der Waals surface area contributed by atoms with Crippen molar-refractivity contribution in [1.82, 2.24) is 40.4 Å². The molecular formula is C49H50N8O7. The normalized spacial score (nSPS) is 19.7. The van der Waals surface area contributed by atoms with Crippen molar-refractivity contribution < 1.29 is 33.1 Å². The van der Waals surface area contributed by atoms with E-state index in [-0.39, 0.29) is 41.6 Å². The van der Waals surface area contributed by atoms with Crippen LogP contribution in [0.2, 0.25) is 0 Å². The molecule has 6 heterocycles. The van der Waals surface area contributed by atoms with E-state index in [9.17, 15) is 19.2 Å². The molecule has 4 N–H and O–H groups in total. The molecule has 2 bridgehead atoms. The maximum absolute atomic E-state index is 13.9. The van der Waals surface area contributed by atoms with Crippen LogP contribution in [-0.2, 0) is 19.1 Å². The number of amides is 4. The monoisotopic (exact) mass is 862 g/mol. The molecule has 1 aliphatic carbocycles. The molecule has 7 aromatic rings. The number of alkyl carbamates (subject to hydrolysis) is 2. The Hall–Kier alpha value is -7.16. The fraction of sp³-hybridized carbons (Fsp3) is 0.347. The number of fused-ring (bicyclic) bond motifs is 7. The number of imidazole rings is 2. The average Bonchev–Trinajstić information content (AvgIpc) is 4.04. The number of nitrogens with one attached hydrogen (secondary N) is 4. The van der Waals surface area contributed by atoms with E-state index >= 15 is 0 Å². The number of furan rings is 2. The van der Waals surface area contributed by atoms with E-state index in [2.05, 4.69) is 69.1 Å². The quantitative estimate of drug-likeness (QED) is 0.0974. The van der Waals surface area contributed by atoms with Gasteiger partial charge in [-0.2, -0.15) is 0 Å². The van der Waals surface area contributed by atoms with Crippen LogP contribution in [0.25, 0.3) is 66.5 Å². The number of hydrogen-bond donors (Lipinski definition) is 4. The fourth-order valence-electron chi connectivity index (χ4n) is 9.90. The molecule has 4 aromatic heterocycles. The maximum Gasteiger partial charge on any atom is 0.411 e. The molecule has 328 valence electrons. The second kappa shape index (κ2) is 15.9. The Morgan fingerprint density at radius 2 is 1.50 bits per heavy atom. The highest BCUT2D eigenvalue weighted by atomic mass is 16.5.